The van der Waals surface area contributed by atoms with Gasteiger partial charge in [0.1, 0.15) is 5.75 Å². The van der Waals surface area contributed by atoms with Crippen LogP contribution in [0.1, 0.15) is 24.4 Å². The van der Waals surface area contributed by atoms with Crippen LogP contribution in [0.25, 0.3) is 11.5 Å². The first-order chi connectivity index (χ1) is 14.2. The van der Waals surface area contributed by atoms with Gasteiger partial charge in [-0.3, -0.25) is 4.90 Å². The van der Waals surface area contributed by atoms with E-state index in [1.807, 2.05) is 30.3 Å². The summed E-state index contributed by atoms with van der Waals surface area (Å²) in [5, 5.41) is 4.62. The zero-order chi connectivity index (χ0) is 19.8. The predicted octanol–water partition coefficient (Wildman–Crippen LogP) is 4.40. The van der Waals surface area contributed by atoms with Crippen molar-refractivity contribution in [2.24, 2.45) is 0 Å². The molecular formula is C21H21N3O4S. The minimum atomic E-state index is 0.276. The number of likely N-dealkylation sites (tertiary alicyclic amines) is 1. The number of methoxy groups -OCH3 is 1. The summed E-state index contributed by atoms with van der Waals surface area (Å²) in [5.41, 5.74) is 2.00. The van der Waals surface area contributed by atoms with E-state index in [-0.39, 0.29) is 12.8 Å². The van der Waals surface area contributed by atoms with Crippen LogP contribution >= 0.6 is 12.2 Å². The lowest BCUT2D eigenvalue weighted by atomic mass is 10.0. The Hall–Kier alpha value is -2.84. The van der Waals surface area contributed by atoms with Crippen LogP contribution in [0.2, 0.25) is 0 Å². The van der Waals surface area contributed by atoms with Gasteiger partial charge in [-0.05, 0) is 54.9 Å². The van der Waals surface area contributed by atoms with Crippen LogP contribution in [0.3, 0.4) is 0 Å². The van der Waals surface area contributed by atoms with Crippen LogP contribution in [0.5, 0.6) is 17.2 Å². The van der Waals surface area contributed by atoms with Crippen molar-refractivity contribution in [3.63, 3.8) is 0 Å². The zero-order valence-electron chi connectivity index (χ0n) is 16.0. The molecule has 0 saturated carbocycles. The van der Waals surface area contributed by atoms with Gasteiger partial charge in [-0.15, -0.1) is 5.10 Å². The summed E-state index contributed by atoms with van der Waals surface area (Å²) in [6, 6.07) is 14.1. The number of rotatable bonds is 5. The standard InChI is InChI=1S/C21H21N3O4S/c1-25-17-7-3-2-5-15(17)20-22-24(21(29)28-20)12-23-10-4-6-16(23)14-8-9-18-19(11-14)27-13-26-18/h2-3,5,7-9,11,16H,4,6,10,12-13H2,1H3. The van der Waals surface area contributed by atoms with Gasteiger partial charge >= 0.3 is 0 Å². The van der Waals surface area contributed by atoms with Gasteiger partial charge in [-0.1, -0.05) is 18.2 Å². The summed E-state index contributed by atoms with van der Waals surface area (Å²) >= 11 is 5.44. The summed E-state index contributed by atoms with van der Waals surface area (Å²) in [7, 11) is 1.63. The topological polar surface area (TPSA) is 61.9 Å². The van der Waals surface area contributed by atoms with E-state index in [1.165, 1.54) is 5.56 Å². The van der Waals surface area contributed by atoms with Crippen molar-refractivity contribution < 1.29 is 18.6 Å². The first-order valence-corrected chi connectivity index (χ1v) is 9.98. The maximum atomic E-state index is 5.78. The van der Waals surface area contributed by atoms with Crippen molar-refractivity contribution in [1.29, 1.82) is 0 Å². The molecule has 7 nitrogen and oxygen atoms in total. The molecule has 0 radical (unpaired) electrons. The van der Waals surface area contributed by atoms with Gasteiger partial charge < -0.3 is 18.6 Å². The summed E-state index contributed by atoms with van der Waals surface area (Å²) in [5.74, 6) is 2.78. The molecule has 0 bridgehead atoms. The van der Waals surface area contributed by atoms with Crippen LogP contribution in [0.4, 0.5) is 0 Å². The Morgan fingerprint density at radius 3 is 2.93 bits per heavy atom. The van der Waals surface area contributed by atoms with Crippen molar-refractivity contribution in [2.75, 3.05) is 20.4 Å². The van der Waals surface area contributed by atoms with Gasteiger partial charge in [0, 0.05) is 12.6 Å². The molecule has 1 aromatic heterocycles. The van der Waals surface area contributed by atoms with Gasteiger partial charge in [-0.25, -0.2) is 4.68 Å². The Labute approximate surface area is 173 Å². The summed E-state index contributed by atoms with van der Waals surface area (Å²) in [6.45, 7) is 1.82. The van der Waals surface area contributed by atoms with Crippen LogP contribution < -0.4 is 14.2 Å². The van der Waals surface area contributed by atoms with Crippen molar-refractivity contribution in [2.45, 2.75) is 25.6 Å². The molecule has 2 aliphatic heterocycles. The number of aromatic nitrogens is 2. The molecule has 0 aliphatic carbocycles. The molecule has 8 heteroatoms. The molecular weight excluding hydrogens is 390 g/mol. The second kappa shape index (κ2) is 7.53. The van der Waals surface area contributed by atoms with E-state index in [9.17, 15) is 0 Å². The first-order valence-electron chi connectivity index (χ1n) is 9.58. The predicted molar refractivity (Wildman–Crippen MR) is 109 cm³/mol. The average molecular weight is 411 g/mol. The van der Waals surface area contributed by atoms with Gasteiger partial charge in [0.05, 0.1) is 19.3 Å². The Morgan fingerprint density at radius 2 is 2.03 bits per heavy atom. The van der Waals surface area contributed by atoms with Crippen LogP contribution in [-0.2, 0) is 6.67 Å². The average Bonchev–Trinajstić information content (AvgIpc) is 3.48. The molecule has 0 amide bonds. The number of hydrogen-bond donors (Lipinski definition) is 0. The second-order valence-electron chi connectivity index (χ2n) is 7.10. The monoisotopic (exact) mass is 411 g/mol. The zero-order valence-corrected chi connectivity index (χ0v) is 16.9. The SMILES string of the molecule is COc1ccccc1-c1nn(CN2CCCC2c2ccc3c(c2)OCO3)c(=S)o1. The van der Waals surface area contributed by atoms with E-state index in [4.69, 9.17) is 30.8 Å². The highest BCUT2D eigenvalue weighted by Gasteiger charge is 2.28. The van der Waals surface area contributed by atoms with Crippen LogP contribution in [-0.4, -0.2) is 35.1 Å². The van der Waals surface area contributed by atoms with Crippen molar-refractivity contribution in [1.82, 2.24) is 14.7 Å². The van der Waals surface area contributed by atoms with Gasteiger partial charge in [0.2, 0.25) is 6.79 Å². The highest BCUT2D eigenvalue weighted by atomic mass is 32.1. The fraction of sp³-hybridized carbons (Fsp3) is 0.333. The summed E-state index contributed by atoms with van der Waals surface area (Å²) in [4.78, 5) is 2.71. The molecule has 3 heterocycles. The molecule has 2 aromatic carbocycles. The molecule has 1 unspecified atom stereocenters. The van der Waals surface area contributed by atoms with E-state index < -0.39 is 0 Å². The fourth-order valence-electron chi connectivity index (χ4n) is 3.99. The second-order valence-corrected chi connectivity index (χ2v) is 7.45. The molecule has 0 spiro atoms. The fourth-order valence-corrected chi connectivity index (χ4v) is 4.17. The van der Waals surface area contributed by atoms with Crippen molar-refractivity contribution in [3.05, 3.63) is 52.9 Å². The third kappa shape index (κ3) is 3.38. The largest absolute Gasteiger partial charge is 0.496 e. The number of fused-ring (bicyclic) bond motifs is 1. The molecule has 150 valence electrons. The molecule has 3 aromatic rings. The maximum absolute atomic E-state index is 5.78. The molecule has 1 atom stereocenters. The van der Waals surface area contributed by atoms with E-state index in [2.05, 4.69) is 22.1 Å². The lowest BCUT2D eigenvalue weighted by Gasteiger charge is -2.24. The molecule has 0 N–H and O–H groups in total. The van der Waals surface area contributed by atoms with Crippen molar-refractivity contribution >= 4 is 12.2 Å². The van der Waals surface area contributed by atoms with E-state index >= 15 is 0 Å². The first kappa shape index (κ1) is 18.2. The van der Waals surface area contributed by atoms with Crippen LogP contribution in [0, 0.1) is 4.84 Å². The van der Waals surface area contributed by atoms with Gasteiger partial charge in [-0.2, -0.15) is 0 Å². The third-order valence-corrected chi connectivity index (χ3v) is 5.70. The molecule has 29 heavy (non-hydrogen) atoms. The number of hydrogen-bond acceptors (Lipinski definition) is 7. The Bertz CT molecular complexity index is 1090. The molecule has 1 fully saturated rings. The molecule has 1 saturated heterocycles. The van der Waals surface area contributed by atoms with Crippen LogP contribution in [0.15, 0.2) is 46.9 Å². The lowest BCUT2D eigenvalue weighted by molar-refractivity contribution is 0.173. The lowest BCUT2D eigenvalue weighted by Crippen LogP contribution is -2.26. The highest BCUT2D eigenvalue weighted by molar-refractivity contribution is 7.71. The van der Waals surface area contributed by atoms with E-state index in [0.717, 1.165) is 36.4 Å². The maximum Gasteiger partial charge on any atom is 0.288 e. The minimum Gasteiger partial charge on any atom is -0.496 e. The number of para-hydroxylation sites is 1. The van der Waals surface area contributed by atoms with E-state index in [1.54, 1.807) is 11.8 Å². The van der Waals surface area contributed by atoms with Gasteiger partial charge in [0.25, 0.3) is 10.7 Å². The Balaban J connectivity index is 1.40. The Kier molecular flexibility index (Phi) is 4.73. The van der Waals surface area contributed by atoms with Crippen molar-refractivity contribution in [3.8, 4) is 28.7 Å². The molecule has 2 aliphatic rings. The summed E-state index contributed by atoms with van der Waals surface area (Å²) < 4.78 is 23.9. The van der Waals surface area contributed by atoms with E-state index in [0.29, 0.717) is 23.1 Å². The quantitative estimate of drug-likeness (QED) is 0.577. The third-order valence-electron chi connectivity index (χ3n) is 5.40. The van der Waals surface area contributed by atoms with Gasteiger partial charge in [0.15, 0.2) is 11.5 Å². The number of ether oxygens (including phenoxy) is 3. The molecule has 5 rings (SSSR count). The minimum absolute atomic E-state index is 0.276. The number of benzene rings is 2. The smallest absolute Gasteiger partial charge is 0.288 e. The highest BCUT2D eigenvalue weighted by Crippen LogP contribution is 2.39. The normalized spacial score (nSPS) is 18.3. The summed E-state index contributed by atoms with van der Waals surface area (Å²) in [6.07, 6.45) is 2.19. The number of nitrogens with zero attached hydrogens (tertiary/aromatic N) is 3. The Morgan fingerprint density at radius 1 is 1.17 bits per heavy atom.